The molecule has 0 spiro atoms. The van der Waals surface area contributed by atoms with Crippen LogP contribution < -0.4 is 15.4 Å². The molecule has 7 nitrogen and oxygen atoms in total. The number of rotatable bonds is 10. The molecule has 25 heavy (non-hydrogen) atoms. The lowest BCUT2D eigenvalue weighted by Gasteiger charge is -2.07. The summed E-state index contributed by atoms with van der Waals surface area (Å²) in [5.41, 5.74) is 0.602. The molecule has 2 N–H and O–H groups in total. The first-order valence-electron chi connectivity index (χ1n) is 8.26. The number of hydrogen-bond acceptors (Lipinski definition) is 6. The predicted octanol–water partition coefficient (Wildman–Crippen LogP) is 2.36. The van der Waals surface area contributed by atoms with Crippen LogP contribution in [0.2, 0.25) is 0 Å². The van der Waals surface area contributed by atoms with E-state index in [1.165, 1.54) is 0 Å². The second kappa shape index (κ2) is 11.4. The smallest absolute Gasteiger partial charge is 0.251 e. The number of nitrogens with zero attached hydrogens (tertiary/aromatic N) is 2. The highest BCUT2D eigenvalue weighted by Crippen LogP contribution is 2.13. The first-order valence-corrected chi connectivity index (χ1v) is 8.26. The number of aromatic nitrogens is 2. The quantitative estimate of drug-likeness (QED) is 0.626. The molecule has 1 aromatic carbocycles. The van der Waals surface area contributed by atoms with Gasteiger partial charge in [0.25, 0.3) is 5.91 Å². The van der Waals surface area contributed by atoms with Gasteiger partial charge >= 0.3 is 0 Å². The third kappa shape index (κ3) is 7.11. The fraction of sp³-hybridized carbons (Fsp3) is 0.471. The Balaban J connectivity index is 0.00000312. The van der Waals surface area contributed by atoms with Crippen molar-refractivity contribution >= 4 is 18.3 Å². The summed E-state index contributed by atoms with van der Waals surface area (Å²) in [6.07, 6.45) is 1.78. The molecule has 0 fully saturated rings. The van der Waals surface area contributed by atoms with Gasteiger partial charge in [-0.25, -0.2) is 0 Å². The molecule has 0 aliphatic rings. The van der Waals surface area contributed by atoms with Gasteiger partial charge < -0.3 is 19.9 Å². The van der Waals surface area contributed by atoms with Crippen LogP contribution >= 0.6 is 12.4 Å². The molecule has 1 heterocycles. The van der Waals surface area contributed by atoms with Gasteiger partial charge in [-0.3, -0.25) is 4.79 Å². The molecule has 0 bridgehead atoms. The molecule has 2 rings (SSSR count). The van der Waals surface area contributed by atoms with E-state index in [1.54, 1.807) is 24.3 Å². The highest BCUT2D eigenvalue weighted by atomic mass is 35.5. The van der Waals surface area contributed by atoms with Crippen LogP contribution in [0.4, 0.5) is 0 Å². The number of benzene rings is 1. The Kier molecular flexibility index (Phi) is 9.57. The van der Waals surface area contributed by atoms with Gasteiger partial charge in [0.15, 0.2) is 6.61 Å². The van der Waals surface area contributed by atoms with Gasteiger partial charge in [-0.05, 0) is 37.2 Å². The maximum absolute atomic E-state index is 12.0. The monoisotopic (exact) mass is 368 g/mol. The molecule has 2 aromatic rings. The van der Waals surface area contributed by atoms with Gasteiger partial charge in [-0.1, -0.05) is 19.0 Å². The summed E-state index contributed by atoms with van der Waals surface area (Å²) >= 11 is 0. The fourth-order valence-corrected chi connectivity index (χ4v) is 2.01. The van der Waals surface area contributed by atoms with Crippen molar-refractivity contribution in [3.8, 4) is 5.75 Å². The molecular formula is C17H25ClN4O3. The second-order valence-electron chi connectivity index (χ2n) is 5.28. The minimum atomic E-state index is -0.0920. The second-order valence-corrected chi connectivity index (χ2v) is 5.28. The maximum atomic E-state index is 12.0. The van der Waals surface area contributed by atoms with E-state index in [-0.39, 0.29) is 24.9 Å². The normalized spacial score (nSPS) is 10.2. The van der Waals surface area contributed by atoms with Crippen molar-refractivity contribution in [1.29, 1.82) is 0 Å². The molecule has 0 aliphatic heterocycles. The van der Waals surface area contributed by atoms with E-state index in [0.29, 0.717) is 36.0 Å². The van der Waals surface area contributed by atoms with E-state index < -0.39 is 0 Å². The Hall–Kier alpha value is -2.12. The van der Waals surface area contributed by atoms with Gasteiger partial charge in [0, 0.05) is 25.1 Å². The number of halogens is 1. The summed E-state index contributed by atoms with van der Waals surface area (Å²) < 4.78 is 10.6. The number of carbonyl (C=O) groups is 1. The molecule has 0 radical (unpaired) electrons. The van der Waals surface area contributed by atoms with Gasteiger partial charge in [-0.2, -0.15) is 4.98 Å². The summed E-state index contributed by atoms with van der Waals surface area (Å²) in [6.45, 7) is 6.62. The Labute approximate surface area is 153 Å². The predicted molar refractivity (Wildman–Crippen MR) is 97.2 cm³/mol. The van der Waals surface area contributed by atoms with E-state index in [9.17, 15) is 4.79 Å². The fourth-order valence-electron chi connectivity index (χ4n) is 2.01. The van der Waals surface area contributed by atoms with Crippen LogP contribution in [-0.4, -0.2) is 35.7 Å². The molecule has 1 amide bonds. The number of amides is 1. The number of nitrogens with one attached hydrogen (secondary N) is 2. The topological polar surface area (TPSA) is 89.3 Å². The zero-order chi connectivity index (χ0) is 17.2. The lowest BCUT2D eigenvalue weighted by molar-refractivity contribution is 0.0954. The Morgan fingerprint density at radius 1 is 1.16 bits per heavy atom. The van der Waals surface area contributed by atoms with Crippen molar-refractivity contribution in [3.05, 3.63) is 41.5 Å². The van der Waals surface area contributed by atoms with Crippen molar-refractivity contribution in [2.45, 2.75) is 33.3 Å². The lowest BCUT2D eigenvalue weighted by atomic mass is 10.2. The van der Waals surface area contributed by atoms with E-state index in [4.69, 9.17) is 9.26 Å². The molecule has 1 aromatic heterocycles. The van der Waals surface area contributed by atoms with Gasteiger partial charge in [-0.15, -0.1) is 12.4 Å². The van der Waals surface area contributed by atoms with Crippen LogP contribution in [0.3, 0.4) is 0 Å². The highest BCUT2D eigenvalue weighted by Gasteiger charge is 2.07. The van der Waals surface area contributed by atoms with Crippen molar-refractivity contribution in [2.24, 2.45) is 0 Å². The van der Waals surface area contributed by atoms with Crippen molar-refractivity contribution in [1.82, 2.24) is 20.8 Å². The first-order chi connectivity index (χ1) is 11.7. The summed E-state index contributed by atoms with van der Waals surface area (Å²) in [5.74, 6) is 1.66. The van der Waals surface area contributed by atoms with E-state index in [0.717, 1.165) is 19.5 Å². The van der Waals surface area contributed by atoms with E-state index in [1.807, 2.05) is 6.92 Å². The van der Waals surface area contributed by atoms with Crippen molar-refractivity contribution in [3.63, 3.8) is 0 Å². The van der Waals surface area contributed by atoms with Crippen LogP contribution in [0.25, 0.3) is 0 Å². The Bertz CT molecular complexity index is 631. The maximum Gasteiger partial charge on any atom is 0.251 e. The average Bonchev–Trinajstić information content (AvgIpc) is 3.08. The van der Waals surface area contributed by atoms with E-state index >= 15 is 0 Å². The number of carbonyl (C=O) groups excluding carboxylic acids is 1. The molecule has 0 saturated heterocycles. The molecular weight excluding hydrogens is 344 g/mol. The van der Waals surface area contributed by atoms with Gasteiger partial charge in [0.05, 0.1) is 0 Å². The van der Waals surface area contributed by atoms with Gasteiger partial charge in [0.1, 0.15) is 5.75 Å². The number of ether oxygens (including phenoxy) is 1. The van der Waals surface area contributed by atoms with Crippen LogP contribution in [-0.2, 0) is 13.0 Å². The largest absolute Gasteiger partial charge is 0.485 e. The van der Waals surface area contributed by atoms with Gasteiger partial charge in [0.2, 0.25) is 11.7 Å². The van der Waals surface area contributed by atoms with Crippen molar-refractivity contribution < 1.29 is 14.1 Å². The molecule has 0 atom stereocenters. The standard InChI is InChI=1S/C17H24N4O3.ClH/c1-3-9-18-10-11-19-17(22)13-5-7-14(8-6-13)23-12-15-20-16(4-2)24-21-15;/h5-8,18H,3-4,9-12H2,1-2H3,(H,19,22);1H. The van der Waals surface area contributed by atoms with Crippen LogP contribution in [0, 0.1) is 0 Å². The minimum Gasteiger partial charge on any atom is -0.485 e. The highest BCUT2D eigenvalue weighted by molar-refractivity contribution is 5.94. The third-order valence-corrected chi connectivity index (χ3v) is 3.31. The summed E-state index contributed by atoms with van der Waals surface area (Å²) in [6, 6.07) is 6.98. The summed E-state index contributed by atoms with van der Waals surface area (Å²) in [4.78, 5) is 16.2. The minimum absolute atomic E-state index is 0. The lowest BCUT2D eigenvalue weighted by Crippen LogP contribution is -2.32. The summed E-state index contributed by atoms with van der Waals surface area (Å²) in [5, 5.41) is 9.93. The first kappa shape index (κ1) is 20.9. The molecule has 0 aliphatic carbocycles. The molecule has 8 heteroatoms. The van der Waals surface area contributed by atoms with Crippen LogP contribution in [0.5, 0.6) is 5.75 Å². The zero-order valence-corrected chi connectivity index (χ0v) is 15.4. The molecule has 138 valence electrons. The Morgan fingerprint density at radius 3 is 2.56 bits per heavy atom. The third-order valence-electron chi connectivity index (χ3n) is 3.31. The zero-order valence-electron chi connectivity index (χ0n) is 14.6. The van der Waals surface area contributed by atoms with Crippen LogP contribution in [0.15, 0.2) is 28.8 Å². The number of aryl methyl sites for hydroxylation is 1. The molecule has 0 unspecified atom stereocenters. The SMILES string of the molecule is CCCNCCNC(=O)c1ccc(OCc2noc(CC)n2)cc1.Cl. The Morgan fingerprint density at radius 2 is 1.92 bits per heavy atom. The summed E-state index contributed by atoms with van der Waals surface area (Å²) in [7, 11) is 0. The van der Waals surface area contributed by atoms with Crippen molar-refractivity contribution in [2.75, 3.05) is 19.6 Å². The number of hydrogen-bond donors (Lipinski definition) is 2. The van der Waals surface area contributed by atoms with Crippen LogP contribution in [0.1, 0.15) is 42.3 Å². The van der Waals surface area contributed by atoms with E-state index in [2.05, 4.69) is 27.7 Å². The average molecular weight is 369 g/mol. The molecule has 0 saturated carbocycles.